The third kappa shape index (κ3) is 15.1. The van der Waals surface area contributed by atoms with Crippen molar-refractivity contribution in [2.24, 2.45) is 11.7 Å². The molecule has 11 N–H and O–H groups in total. The third-order valence-electron chi connectivity index (χ3n) is 6.19. The molecule has 0 fully saturated rings. The van der Waals surface area contributed by atoms with Crippen LogP contribution in [-0.2, 0) is 38.4 Å². The van der Waals surface area contributed by atoms with Crippen molar-refractivity contribution >= 4 is 72.6 Å². The van der Waals surface area contributed by atoms with E-state index < -0.39 is 102 Å². The molecule has 0 heterocycles. The van der Waals surface area contributed by atoms with Crippen LogP contribution in [0.25, 0.3) is 0 Å². The number of hydrogen-bond donors (Lipinski definition) is 12. The zero-order chi connectivity index (χ0) is 35.9. The van der Waals surface area contributed by atoms with Crippen LogP contribution < -0.4 is 37.6 Å². The van der Waals surface area contributed by atoms with Gasteiger partial charge in [-0.3, -0.25) is 33.6 Å². The molecule has 0 saturated heterocycles. The Kier molecular flexibility index (Phi) is 18.9. The van der Waals surface area contributed by atoms with E-state index in [0.29, 0.717) is 0 Å². The molecule has 6 amide bonds. The summed E-state index contributed by atoms with van der Waals surface area (Å²) in [6, 6.07) is -9.62. The lowest BCUT2D eigenvalue weighted by molar-refractivity contribution is -0.142. The van der Waals surface area contributed by atoms with E-state index in [2.05, 4.69) is 57.2 Å². The van der Waals surface area contributed by atoms with Gasteiger partial charge in [0.25, 0.3) is 0 Å². The van der Waals surface area contributed by atoms with E-state index in [1.807, 2.05) is 0 Å². The van der Waals surface area contributed by atoms with Gasteiger partial charge in [-0.15, -0.1) is 0 Å². The molecule has 0 rings (SSSR count). The van der Waals surface area contributed by atoms with Crippen LogP contribution in [0.2, 0.25) is 0 Å². The molecule has 0 spiro atoms. The van der Waals surface area contributed by atoms with Crippen LogP contribution in [0, 0.1) is 5.92 Å². The molecule has 0 radical (unpaired) electrons. The largest absolute Gasteiger partial charge is 0.481 e. The van der Waals surface area contributed by atoms with Crippen LogP contribution in [0.5, 0.6) is 0 Å². The fraction of sp³-hybridized carbons (Fsp3) is 0.692. The summed E-state index contributed by atoms with van der Waals surface area (Å²) in [5, 5.41) is 42.3. The van der Waals surface area contributed by atoms with Gasteiger partial charge in [0, 0.05) is 11.5 Å². The third-order valence-corrected chi connectivity index (χ3v) is 6.92. The summed E-state index contributed by atoms with van der Waals surface area (Å²) in [6.45, 7) is 7.25. The van der Waals surface area contributed by atoms with Gasteiger partial charge in [-0.25, -0.2) is 4.79 Å². The normalized spacial score (nSPS) is 16.2. The molecule has 0 aromatic rings. The second kappa shape index (κ2) is 20.5. The van der Waals surface area contributed by atoms with Crippen LogP contribution in [0.1, 0.15) is 47.5 Å². The first-order valence-electron chi connectivity index (χ1n) is 14.2. The summed E-state index contributed by atoms with van der Waals surface area (Å²) in [6.07, 6.45) is -2.41. The maximum Gasteiger partial charge on any atom is 0.327 e. The second-order valence-electron chi connectivity index (χ2n) is 10.9. The molecule has 0 aromatic heterocycles. The summed E-state index contributed by atoms with van der Waals surface area (Å²) in [5.74, 6) is -8.99. The zero-order valence-corrected chi connectivity index (χ0v) is 27.9. The molecule has 262 valence electrons. The van der Waals surface area contributed by atoms with Crippen LogP contribution >= 0.6 is 25.3 Å². The molecule has 0 aliphatic rings. The lowest BCUT2D eigenvalue weighted by Gasteiger charge is -2.27. The average molecular weight is 696 g/mol. The lowest BCUT2D eigenvalue weighted by Crippen LogP contribution is -2.61. The molecule has 0 saturated carbocycles. The highest BCUT2D eigenvalue weighted by Gasteiger charge is 2.34. The highest BCUT2D eigenvalue weighted by Crippen LogP contribution is 2.07. The first kappa shape index (κ1) is 42.4. The number of aliphatic hydroxyl groups excluding tert-OH is 1. The van der Waals surface area contributed by atoms with Crippen LogP contribution in [0.15, 0.2) is 0 Å². The molecular weight excluding hydrogens is 650 g/mol. The number of carbonyl (C=O) groups is 8. The van der Waals surface area contributed by atoms with Crippen molar-refractivity contribution in [3.8, 4) is 0 Å². The Morgan fingerprint density at radius 1 is 0.609 bits per heavy atom. The van der Waals surface area contributed by atoms with E-state index in [0.717, 1.165) is 6.92 Å². The van der Waals surface area contributed by atoms with Gasteiger partial charge in [0.1, 0.15) is 36.3 Å². The molecule has 0 aliphatic heterocycles. The van der Waals surface area contributed by atoms with Gasteiger partial charge in [-0.2, -0.15) is 25.3 Å². The van der Waals surface area contributed by atoms with Crippen LogP contribution in [0.3, 0.4) is 0 Å². The summed E-state index contributed by atoms with van der Waals surface area (Å²) in [5.41, 5.74) is 5.47. The number of aliphatic hydroxyl groups is 1. The molecule has 8 atom stereocenters. The molecular formula is C26H45N7O11S2. The summed E-state index contributed by atoms with van der Waals surface area (Å²) in [4.78, 5) is 98.9. The Morgan fingerprint density at radius 2 is 1.07 bits per heavy atom. The number of carboxylic acids is 2. The fourth-order valence-corrected chi connectivity index (χ4v) is 4.14. The molecule has 0 unspecified atom stereocenters. The highest BCUT2D eigenvalue weighted by atomic mass is 32.1. The highest BCUT2D eigenvalue weighted by molar-refractivity contribution is 7.80. The monoisotopic (exact) mass is 695 g/mol. The minimum Gasteiger partial charge on any atom is -0.481 e. The zero-order valence-electron chi connectivity index (χ0n) is 26.1. The maximum absolute atomic E-state index is 13.0. The second-order valence-corrected chi connectivity index (χ2v) is 11.7. The van der Waals surface area contributed by atoms with Crippen LogP contribution in [-0.4, -0.2) is 123 Å². The summed E-state index contributed by atoms with van der Waals surface area (Å²) < 4.78 is 0. The van der Waals surface area contributed by atoms with Gasteiger partial charge in [0.2, 0.25) is 35.4 Å². The number of carbonyl (C=O) groups excluding carboxylic acids is 6. The number of nitrogens with one attached hydrogen (secondary N) is 6. The van der Waals surface area contributed by atoms with Crippen molar-refractivity contribution in [3.63, 3.8) is 0 Å². The molecule has 46 heavy (non-hydrogen) atoms. The van der Waals surface area contributed by atoms with Crippen molar-refractivity contribution in [1.29, 1.82) is 0 Å². The lowest BCUT2D eigenvalue weighted by atomic mass is 10.0. The van der Waals surface area contributed by atoms with E-state index in [4.69, 9.17) is 5.73 Å². The maximum atomic E-state index is 13.0. The quantitative estimate of drug-likeness (QED) is 0.0545. The smallest absolute Gasteiger partial charge is 0.327 e. The minimum absolute atomic E-state index is 0.113. The SMILES string of the molecule is CC(C)C[C@H](NC(=O)[C@H](C)NC(=O)[C@@H](NC(=O)[C@H](CC(=O)O)NC(=O)[C@H](CS)NC(=O)[C@H](C)N)[C@@H](C)O)C(=O)N[C@@H](CS)C(=O)O. The number of hydrogen-bond acceptors (Lipinski definition) is 12. The van der Waals surface area contributed by atoms with E-state index in [1.54, 1.807) is 13.8 Å². The summed E-state index contributed by atoms with van der Waals surface area (Å²) in [7, 11) is 0. The molecule has 0 aromatic carbocycles. The summed E-state index contributed by atoms with van der Waals surface area (Å²) >= 11 is 7.86. The number of aliphatic carboxylic acids is 2. The topological polar surface area (TPSA) is 295 Å². The van der Waals surface area contributed by atoms with Gasteiger partial charge in [-0.05, 0) is 33.1 Å². The predicted molar refractivity (Wildman–Crippen MR) is 170 cm³/mol. The van der Waals surface area contributed by atoms with E-state index in [1.165, 1.54) is 13.8 Å². The Labute approximate surface area is 276 Å². The Hall–Kier alpha value is -3.62. The molecule has 0 bridgehead atoms. The van der Waals surface area contributed by atoms with Gasteiger partial charge >= 0.3 is 11.9 Å². The molecule has 18 nitrogen and oxygen atoms in total. The predicted octanol–water partition coefficient (Wildman–Crippen LogP) is -3.89. The minimum atomic E-state index is -1.77. The van der Waals surface area contributed by atoms with Crippen molar-refractivity contribution in [3.05, 3.63) is 0 Å². The van der Waals surface area contributed by atoms with Crippen molar-refractivity contribution in [1.82, 2.24) is 31.9 Å². The van der Waals surface area contributed by atoms with E-state index in [9.17, 15) is 53.7 Å². The Bertz CT molecular complexity index is 1120. The average Bonchev–Trinajstić information content (AvgIpc) is 2.94. The van der Waals surface area contributed by atoms with E-state index in [-0.39, 0.29) is 23.8 Å². The van der Waals surface area contributed by atoms with Crippen LogP contribution in [0.4, 0.5) is 0 Å². The van der Waals surface area contributed by atoms with E-state index >= 15 is 0 Å². The Balaban J connectivity index is 5.71. The van der Waals surface area contributed by atoms with Gasteiger partial charge in [0.15, 0.2) is 0 Å². The van der Waals surface area contributed by atoms with Crippen molar-refractivity contribution in [2.45, 2.75) is 95.9 Å². The Morgan fingerprint density at radius 3 is 1.50 bits per heavy atom. The van der Waals surface area contributed by atoms with Gasteiger partial charge in [0.05, 0.1) is 18.6 Å². The number of thiol groups is 2. The first-order valence-corrected chi connectivity index (χ1v) is 15.4. The van der Waals surface area contributed by atoms with Gasteiger partial charge in [-0.1, -0.05) is 13.8 Å². The van der Waals surface area contributed by atoms with Crippen molar-refractivity contribution < 1.29 is 53.7 Å². The fourth-order valence-electron chi connectivity index (χ4n) is 3.64. The number of carboxylic acid groups (broad SMARTS) is 2. The molecule has 0 aliphatic carbocycles. The number of nitrogens with two attached hydrogens (primary N) is 1. The number of rotatable bonds is 20. The number of amides is 6. The van der Waals surface area contributed by atoms with Crippen molar-refractivity contribution in [2.75, 3.05) is 11.5 Å². The standard InChI is InChI=1S/C26H45N7O11S2/c1-10(2)6-14(22(39)32-17(9-46)26(43)44)29-21(38)12(4)28-25(42)19(13(5)34)33-23(40)15(7-18(35)36)30-24(41)16(8-45)31-20(37)11(3)27/h10-17,19,34,45-46H,6-9,27H2,1-5H3,(H,28,42)(H,29,38)(H,30,41)(H,31,37)(H,32,39)(H,33,40)(H,35,36)(H,43,44)/t11-,12-,13+,14-,15-,16-,17-,19-/m0/s1. The van der Waals surface area contributed by atoms with Gasteiger partial charge < -0.3 is 53.0 Å². The first-order chi connectivity index (χ1) is 21.2. The molecule has 20 heteroatoms.